The zero-order valence-corrected chi connectivity index (χ0v) is 14.2. The van der Waals surface area contributed by atoms with E-state index in [1.165, 1.54) is 0 Å². The summed E-state index contributed by atoms with van der Waals surface area (Å²) in [6.45, 7) is 5.09. The summed E-state index contributed by atoms with van der Waals surface area (Å²) >= 11 is 3.37. The maximum Gasteiger partial charge on any atom is 0.191 e. The van der Waals surface area contributed by atoms with Crippen LogP contribution in [0.2, 0.25) is 0 Å². The number of aromatic nitrogens is 5. The molecule has 0 spiro atoms. The van der Waals surface area contributed by atoms with Crippen LogP contribution in [0.5, 0.6) is 0 Å². The molecule has 3 aromatic heterocycles. The van der Waals surface area contributed by atoms with E-state index in [2.05, 4.69) is 37.0 Å². The van der Waals surface area contributed by atoms with Crippen molar-refractivity contribution >= 4 is 23.1 Å². The summed E-state index contributed by atoms with van der Waals surface area (Å²) in [6.07, 6.45) is 4.61. The lowest BCUT2D eigenvalue weighted by molar-refractivity contribution is 0.626. The van der Waals surface area contributed by atoms with Gasteiger partial charge in [-0.25, -0.2) is 4.98 Å². The first kappa shape index (κ1) is 15.2. The van der Waals surface area contributed by atoms with Crippen molar-refractivity contribution in [2.24, 2.45) is 0 Å². The number of nitrogens with zero attached hydrogens (tertiary/aromatic N) is 5. The van der Waals surface area contributed by atoms with Gasteiger partial charge in [-0.15, -0.1) is 21.5 Å². The molecule has 0 aliphatic heterocycles. The Morgan fingerprint density at radius 3 is 2.73 bits per heavy atom. The number of aryl methyl sites for hydroxylation is 1. The highest BCUT2D eigenvalue weighted by Gasteiger charge is 2.14. The van der Waals surface area contributed by atoms with E-state index in [1.54, 1.807) is 35.5 Å². The third kappa shape index (κ3) is 3.36. The molecule has 0 atom stereocenters. The smallest absolute Gasteiger partial charge is 0.191 e. The summed E-state index contributed by atoms with van der Waals surface area (Å²) in [7, 11) is 0. The lowest BCUT2D eigenvalue weighted by atomic mass is 10.2. The van der Waals surface area contributed by atoms with E-state index in [1.807, 2.05) is 19.1 Å². The van der Waals surface area contributed by atoms with Crippen molar-refractivity contribution in [3.05, 3.63) is 40.6 Å². The molecule has 0 N–H and O–H groups in total. The van der Waals surface area contributed by atoms with Crippen LogP contribution in [-0.4, -0.2) is 24.7 Å². The zero-order chi connectivity index (χ0) is 15.4. The molecule has 0 saturated heterocycles. The van der Waals surface area contributed by atoms with Crippen molar-refractivity contribution in [1.29, 1.82) is 0 Å². The molecule has 3 rings (SSSR count). The average Bonchev–Trinajstić information content (AvgIpc) is 3.13. The van der Waals surface area contributed by atoms with E-state index in [4.69, 9.17) is 0 Å². The maximum atomic E-state index is 4.50. The molecule has 0 saturated carbocycles. The number of rotatable bonds is 6. The van der Waals surface area contributed by atoms with Gasteiger partial charge in [0.05, 0.1) is 10.7 Å². The highest BCUT2D eigenvalue weighted by molar-refractivity contribution is 7.98. The third-order valence-corrected chi connectivity index (χ3v) is 4.94. The summed E-state index contributed by atoms with van der Waals surface area (Å²) in [5.74, 6) is 1.73. The molecule has 114 valence electrons. The van der Waals surface area contributed by atoms with Gasteiger partial charge in [-0.2, -0.15) is 0 Å². The zero-order valence-electron chi connectivity index (χ0n) is 12.6. The summed E-state index contributed by atoms with van der Waals surface area (Å²) in [4.78, 5) is 8.56. The largest absolute Gasteiger partial charge is 0.302 e. The number of hydrogen-bond acceptors (Lipinski definition) is 6. The average molecular weight is 331 g/mol. The van der Waals surface area contributed by atoms with Crippen LogP contribution in [0.4, 0.5) is 0 Å². The second-order valence-electron chi connectivity index (χ2n) is 4.84. The van der Waals surface area contributed by atoms with E-state index in [-0.39, 0.29) is 0 Å². The molecule has 0 aliphatic carbocycles. The summed E-state index contributed by atoms with van der Waals surface area (Å²) in [5, 5.41) is 12.9. The third-order valence-electron chi connectivity index (χ3n) is 3.12. The first-order chi connectivity index (χ1) is 10.8. The van der Waals surface area contributed by atoms with Crippen molar-refractivity contribution in [2.45, 2.75) is 37.7 Å². The second-order valence-corrected chi connectivity index (χ2v) is 6.84. The molecule has 3 heterocycles. The van der Waals surface area contributed by atoms with Crippen molar-refractivity contribution < 1.29 is 0 Å². The highest BCUT2D eigenvalue weighted by Crippen LogP contribution is 2.26. The molecule has 0 fully saturated rings. The fraction of sp³-hybridized carbons (Fsp3) is 0.333. The van der Waals surface area contributed by atoms with Crippen LogP contribution in [0.25, 0.3) is 11.4 Å². The molecule has 22 heavy (non-hydrogen) atoms. The van der Waals surface area contributed by atoms with Gasteiger partial charge in [0, 0.05) is 35.6 Å². The summed E-state index contributed by atoms with van der Waals surface area (Å²) in [5.41, 5.74) is 2.15. The van der Waals surface area contributed by atoms with Crippen LogP contribution >= 0.6 is 23.1 Å². The number of pyridine rings is 1. The minimum absolute atomic E-state index is 0.822. The lowest BCUT2D eigenvalue weighted by Gasteiger charge is -2.08. The fourth-order valence-electron chi connectivity index (χ4n) is 2.15. The SMILES string of the molecule is CCCn1c(SCc2csc(C)n2)nnc1-c1ccncc1. The number of hydrogen-bond donors (Lipinski definition) is 0. The monoisotopic (exact) mass is 331 g/mol. The van der Waals surface area contributed by atoms with Crippen LogP contribution < -0.4 is 0 Å². The Labute approximate surface area is 137 Å². The maximum absolute atomic E-state index is 4.50. The minimum atomic E-state index is 0.822. The van der Waals surface area contributed by atoms with Gasteiger partial charge in [0.15, 0.2) is 11.0 Å². The molecule has 5 nitrogen and oxygen atoms in total. The van der Waals surface area contributed by atoms with Crippen molar-refractivity contribution in [3.8, 4) is 11.4 Å². The Balaban J connectivity index is 1.83. The molecule has 0 amide bonds. The second kappa shape index (κ2) is 7.02. The van der Waals surface area contributed by atoms with Crippen LogP contribution in [0, 0.1) is 6.92 Å². The first-order valence-electron chi connectivity index (χ1n) is 7.15. The predicted octanol–water partition coefficient (Wildman–Crippen LogP) is 3.81. The van der Waals surface area contributed by atoms with Crippen LogP contribution in [0.1, 0.15) is 24.0 Å². The van der Waals surface area contributed by atoms with Gasteiger partial charge in [0.2, 0.25) is 0 Å². The van der Waals surface area contributed by atoms with E-state index < -0.39 is 0 Å². The minimum Gasteiger partial charge on any atom is -0.302 e. The van der Waals surface area contributed by atoms with E-state index >= 15 is 0 Å². The molecule has 0 bridgehead atoms. The molecule has 0 radical (unpaired) electrons. The standard InChI is InChI=1S/C15H17N5S2/c1-3-8-20-14(12-4-6-16-7-5-12)18-19-15(20)22-10-13-9-21-11(2)17-13/h4-7,9H,3,8,10H2,1-2H3. The number of thioether (sulfide) groups is 1. The van der Waals surface area contributed by atoms with Gasteiger partial charge in [-0.3, -0.25) is 4.98 Å². The van der Waals surface area contributed by atoms with E-state index in [0.29, 0.717) is 0 Å². The Hall–Kier alpha value is -1.73. The molecule has 0 unspecified atom stereocenters. The first-order valence-corrected chi connectivity index (χ1v) is 9.02. The molecule has 0 aliphatic rings. The van der Waals surface area contributed by atoms with Gasteiger partial charge in [0.1, 0.15) is 0 Å². The Kier molecular flexibility index (Phi) is 4.84. The van der Waals surface area contributed by atoms with Crippen LogP contribution in [-0.2, 0) is 12.3 Å². The summed E-state index contributed by atoms with van der Waals surface area (Å²) in [6, 6.07) is 3.93. The van der Waals surface area contributed by atoms with Gasteiger partial charge < -0.3 is 4.57 Å². The topological polar surface area (TPSA) is 56.5 Å². The van der Waals surface area contributed by atoms with Crippen LogP contribution in [0.3, 0.4) is 0 Å². The highest BCUT2D eigenvalue weighted by atomic mass is 32.2. The Morgan fingerprint density at radius 1 is 1.23 bits per heavy atom. The Bertz CT molecular complexity index is 735. The van der Waals surface area contributed by atoms with Gasteiger partial charge in [-0.1, -0.05) is 18.7 Å². The molecular formula is C15H17N5S2. The molecule has 7 heteroatoms. The van der Waals surface area contributed by atoms with E-state index in [0.717, 1.165) is 46.0 Å². The van der Waals surface area contributed by atoms with Crippen molar-refractivity contribution in [1.82, 2.24) is 24.7 Å². The molecular weight excluding hydrogens is 314 g/mol. The lowest BCUT2D eigenvalue weighted by Crippen LogP contribution is -2.02. The predicted molar refractivity (Wildman–Crippen MR) is 90.0 cm³/mol. The number of thiazole rings is 1. The normalized spacial score (nSPS) is 11.0. The van der Waals surface area contributed by atoms with Gasteiger partial charge >= 0.3 is 0 Å². The fourth-order valence-corrected chi connectivity index (χ4v) is 3.72. The van der Waals surface area contributed by atoms with Crippen molar-refractivity contribution in [2.75, 3.05) is 0 Å². The van der Waals surface area contributed by atoms with Gasteiger partial charge in [0.25, 0.3) is 0 Å². The molecule has 0 aromatic carbocycles. The molecule has 3 aromatic rings. The van der Waals surface area contributed by atoms with Gasteiger partial charge in [-0.05, 0) is 25.5 Å². The van der Waals surface area contributed by atoms with Crippen LogP contribution in [0.15, 0.2) is 35.1 Å². The quantitative estimate of drug-likeness (QED) is 0.643. The summed E-state index contributed by atoms with van der Waals surface area (Å²) < 4.78 is 2.18. The Morgan fingerprint density at radius 2 is 2.05 bits per heavy atom. The van der Waals surface area contributed by atoms with Crippen molar-refractivity contribution in [3.63, 3.8) is 0 Å². The van der Waals surface area contributed by atoms with E-state index in [9.17, 15) is 0 Å².